The minimum Gasteiger partial charge on any atom is -0.339 e. The van der Waals surface area contributed by atoms with Gasteiger partial charge in [-0.25, -0.2) is 0 Å². The zero-order valence-electron chi connectivity index (χ0n) is 12.5. The normalized spacial score (nSPS) is 28.7. The lowest BCUT2D eigenvalue weighted by molar-refractivity contribution is -0.152. The number of nitrogens with zero attached hydrogens (tertiary/aromatic N) is 2. The van der Waals surface area contributed by atoms with Crippen LogP contribution in [0.5, 0.6) is 0 Å². The van der Waals surface area contributed by atoms with Gasteiger partial charge < -0.3 is 10.2 Å². The monoisotopic (exact) mass is 307 g/mol. The molecule has 2 aliphatic rings. The van der Waals surface area contributed by atoms with Crippen LogP contribution in [0, 0.1) is 5.92 Å². The molecule has 0 saturated carbocycles. The molecule has 21 heavy (non-hydrogen) atoms. The highest BCUT2D eigenvalue weighted by atomic mass is 19.4. The fourth-order valence-corrected chi connectivity index (χ4v) is 3.16. The summed E-state index contributed by atoms with van der Waals surface area (Å²) in [5, 5.41) is 3.25. The summed E-state index contributed by atoms with van der Waals surface area (Å²) in [5.41, 5.74) is 0. The van der Waals surface area contributed by atoms with Gasteiger partial charge in [0.1, 0.15) is 0 Å². The van der Waals surface area contributed by atoms with Gasteiger partial charge in [0.25, 0.3) is 0 Å². The van der Waals surface area contributed by atoms with E-state index in [1.54, 1.807) is 4.90 Å². The molecular weight excluding hydrogens is 283 g/mol. The van der Waals surface area contributed by atoms with Gasteiger partial charge in [-0.2, -0.15) is 13.2 Å². The van der Waals surface area contributed by atoms with Crippen molar-refractivity contribution in [2.45, 2.75) is 38.4 Å². The highest BCUT2D eigenvalue weighted by molar-refractivity contribution is 5.82. The molecule has 2 heterocycles. The van der Waals surface area contributed by atoms with E-state index in [9.17, 15) is 18.0 Å². The fraction of sp³-hybridized carbons (Fsp3) is 0.929. The highest BCUT2D eigenvalue weighted by Crippen LogP contribution is 2.21. The van der Waals surface area contributed by atoms with Crippen molar-refractivity contribution in [3.05, 3.63) is 0 Å². The minimum atomic E-state index is -4.16. The van der Waals surface area contributed by atoms with Crippen molar-refractivity contribution in [2.75, 3.05) is 39.3 Å². The first-order valence-electron chi connectivity index (χ1n) is 7.70. The molecule has 2 aliphatic heterocycles. The van der Waals surface area contributed by atoms with Crippen molar-refractivity contribution >= 4 is 5.91 Å². The smallest absolute Gasteiger partial charge is 0.339 e. The molecule has 1 amide bonds. The maximum Gasteiger partial charge on any atom is 0.401 e. The topological polar surface area (TPSA) is 35.6 Å². The lowest BCUT2D eigenvalue weighted by Gasteiger charge is -2.38. The van der Waals surface area contributed by atoms with Crippen molar-refractivity contribution in [3.8, 4) is 0 Å². The maximum atomic E-state index is 12.4. The fourth-order valence-electron chi connectivity index (χ4n) is 3.16. The third kappa shape index (κ3) is 4.85. The lowest BCUT2D eigenvalue weighted by Crippen LogP contribution is -2.56. The first-order valence-corrected chi connectivity index (χ1v) is 7.70. The van der Waals surface area contributed by atoms with E-state index >= 15 is 0 Å². The Morgan fingerprint density at radius 3 is 2.48 bits per heavy atom. The molecule has 0 aromatic heterocycles. The molecule has 0 spiro atoms. The second kappa shape index (κ2) is 6.96. The van der Waals surface area contributed by atoms with Gasteiger partial charge >= 0.3 is 6.18 Å². The van der Waals surface area contributed by atoms with E-state index in [1.807, 2.05) is 0 Å². The summed E-state index contributed by atoms with van der Waals surface area (Å²) in [7, 11) is 0. The first-order chi connectivity index (χ1) is 9.89. The van der Waals surface area contributed by atoms with Crippen LogP contribution in [-0.2, 0) is 4.79 Å². The van der Waals surface area contributed by atoms with E-state index in [1.165, 1.54) is 4.90 Å². The van der Waals surface area contributed by atoms with E-state index in [0.717, 1.165) is 25.8 Å². The van der Waals surface area contributed by atoms with Crippen LogP contribution < -0.4 is 5.32 Å². The van der Waals surface area contributed by atoms with Crippen LogP contribution in [-0.4, -0.2) is 67.2 Å². The molecule has 0 radical (unpaired) electrons. The number of nitrogens with one attached hydrogen (secondary N) is 1. The average molecular weight is 307 g/mol. The highest BCUT2D eigenvalue weighted by Gasteiger charge is 2.35. The predicted molar refractivity (Wildman–Crippen MR) is 73.9 cm³/mol. The third-order valence-electron chi connectivity index (χ3n) is 4.47. The van der Waals surface area contributed by atoms with Crippen LogP contribution in [0.15, 0.2) is 0 Å². The molecule has 2 saturated heterocycles. The number of hydrogen-bond donors (Lipinski definition) is 1. The Balaban J connectivity index is 1.80. The van der Waals surface area contributed by atoms with Crippen molar-refractivity contribution in [1.29, 1.82) is 0 Å². The number of carbonyl (C=O) groups is 1. The van der Waals surface area contributed by atoms with Crippen LogP contribution in [0.3, 0.4) is 0 Å². The van der Waals surface area contributed by atoms with Gasteiger partial charge in [0, 0.05) is 26.2 Å². The molecule has 2 fully saturated rings. The van der Waals surface area contributed by atoms with Gasteiger partial charge in [0.2, 0.25) is 5.91 Å². The quantitative estimate of drug-likeness (QED) is 0.858. The second-order valence-electron chi connectivity index (χ2n) is 6.02. The zero-order valence-corrected chi connectivity index (χ0v) is 12.5. The summed E-state index contributed by atoms with van der Waals surface area (Å²) in [6, 6.07) is -0.155. The van der Waals surface area contributed by atoms with Crippen molar-refractivity contribution in [2.24, 2.45) is 5.92 Å². The Bertz CT molecular complexity index is 354. The molecule has 0 aromatic carbocycles. The van der Waals surface area contributed by atoms with Crippen molar-refractivity contribution in [3.63, 3.8) is 0 Å². The standard InChI is InChI=1S/C14H24F3N3O/c1-2-11-3-4-18-12(9-11)13(21)20-7-5-19(6-8-20)10-14(15,16)17/h11-12,18H,2-10H2,1H3. The summed E-state index contributed by atoms with van der Waals surface area (Å²) < 4.78 is 37.0. The Labute approximate surface area is 123 Å². The van der Waals surface area contributed by atoms with E-state index < -0.39 is 12.7 Å². The Hall–Kier alpha value is -0.820. The van der Waals surface area contributed by atoms with Crippen molar-refractivity contribution in [1.82, 2.24) is 15.1 Å². The molecule has 0 aromatic rings. The van der Waals surface area contributed by atoms with E-state index in [2.05, 4.69) is 12.2 Å². The SMILES string of the molecule is CCC1CCNC(C(=O)N2CCN(CC(F)(F)F)CC2)C1. The number of hydrogen-bond acceptors (Lipinski definition) is 3. The number of rotatable bonds is 3. The molecule has 4 nitrogen and oxygen atoms in total. The molecule has 0 aliphatic carbocycles. The molecule has 7 heteroatoms. The molecule has 1 N–H and O–H groups in total. The lowest BCUT2D eigenvalue weighted by atomic mass is 9.90. The number of piperazine rings is 1. The van der Waals surface area contributed by atoms with Crippen LogP contribution in [0.25, 0.3) is 0 Å². The minimum absolute atomic E-state index is 0.0554. The molecule has 2 rings (SSSR count). The van der Waals surface area contributed by atoms with Crippen LogP contribution in [0.1, 0.15) is 26.2 Å². The Morgan fingerprint density at radius 1 is 1.24 bits per heavy atom. The van der Waals surface area contributed by atoms with Gasteiger partial charge in [-0.3, -0.25) is 9.69 Å². The summed E-state index contributed by atoms with van der Waals surface area (Å²) in [5.74, 6) is 0.631. The van der Waals surface area contributed by atoms with E-state index in [0.29, 0.717) is 32.1 Å². The largest absolute Gasteiger partial charge is 0.401 e. The summed E-state index contributed by atoms with van der Waals surface area (Å²) in [6.45, 7) is 3.49. The van der Waals surface area contributed by atoms with E-state index in [-0.39, 0.29) is 11.9 Å². The Morgan fingerprint density at radius 2 is 1.90 bits per heavy atom. The Kier molecular flexibility index (Phi) is 5.48. The summed E-state index contributed by atoms with van der Waals surface area (Å²) in [4.78, 5) is 15.5. The third-order valence-corrected chi connectivity index (χ3v) is 4.47. The number of amides is 1. The number of piperidine rings is 1. The number of halogens is 3. The maximum absolute atomic E-state index is 12.4. The summed E-state index contributed by atoms with van der Waals surface area (Å²) >= 11 is 0. The van der Waals surface area contributed by atoms with Gasteiger partial charge in [-0.15, -0.1) is 0 Å². The summed E-state index contributed by atoms with van der Waals surface area (Å²) in [6.07, 6.45) is -1.14. The number of carbonyl (C=O) groups excluding carboxylic acids is 1. The first kappa shape index (κ1) is 16.5. The van der Waals surface area contributed by atoms with E-state index in [4.69, 9.17) is 0 Å². The average Bonchev–Trinajstić information content (AvgIpc) is 2.46. The van der Waals surface area contributed by atoms with Gasteiger partial charge in [0.05, 0.1) is 12.6 Å². The van der Waals surface area contributed by atoms with Crippen LogP contribution in [0.2, 0.25) is 0 Å². The predicted octanol–water partition coefficient (Wildman–Crippen LogP) is 1.47. The molecular formula is C14H24F3N3O. The number of alkyl halides is 3. The van der Waals surface area contributed by atoms with Crippen molar-refractivity contribution < 1.29 is 18.0 Å². The van der Waals surface area contributed by atoms with Crippen LogP contribution in [0.4, 0.5) is 13.2 Å². The van der Waals surface area contributed by atoms with Gasteiger partial charge in [-0.05, 0) is 25.3 Å². The zero-order chi connectivity index (χ0) is 15.5. The van der Waals surface area contributed by atoms with Gasteiger partial charge in [0.15, 0.2) is 0 Å². The molecule has 2 atom stereocenters. The van der Waals surface area contributed by atoms with Gasteiger partial charge in [-0.1, -0.05) is 13.3 Å². The van der Waals surface area contributed by atoms with Crippen LogP contribution >= 0.6 is 0 Å². The second-order valence-corrected chi connectivity index (χ2v) is 6.02. The molecule has 122 valence electrons. The molecule has 2 unspecified atom stereocenters. The molecule has 0 bridgehead atoms.